The maximum absolute atomic E-state index is 13.6. The Morgan fingerprint density at radius 2 is 1.96 bits per heavy atom. The third-order valence-electron chi connectivity index (χ3n) is 3.66. The molecule has 1 heterocycles. The van der Waals surface area contributed by atoms with E-state index in [-0.39, 0.29) is 10.8 Å². The fourth-order valence-corrected chi connectivity index (χ4v) is 2.58. The maximum Gasteiger partial charge on any atom is 0.175 e. The predicted octanol–water partition coefficient (Wildman–Crippen LogP) is 4.33. The number of rotatable bonds is 4. The van der Waals surface area contributed by atoms with Gasteiger partial charge in [0.25, 0.3) is 0 Å². The quantitative estimate of drug-likeness (QED) is 0.682. The molecule has 3 aromatic rings. The van der Waals surface area contributed by atoms with Crippen molar-refractivity contribution in [3.05, 3.63) is 77.6 Å². The second-order valence-electron chi connectivity index (χ2n) is 5.56. The zero-order valence-corrected chi connectivity index (χ0v) is 14.3. The van der Waals surface area contributed by atoms with Gasteiger partial charge in [0, 0.05) is 12.3 Å². The lowest BCUT2D eigenvalue weighted by Crippen LogP contribution is -2.19. The molecule has 0 saturated carbocycles. The van der Waals surface area contributed by atoms with Crippen molar-refractivity contribution in [3.63, 3.8) is 0 Å². The number of nitrogens with one attached hydrogen (secondary N) is 2. The van der Waals surface area contributed by atoms with E-state index in [1.165, 1.54) is 17.2 Å². The van der Waals surface area contributed by atoms with Crippen LogP contribution in [0.15, 0.2) is 54.9 Å². The van der Waals surface area contributed by atoms with E-state index in [9.17, 15) is 8.78 Å². The van der Waals surface area contributed by atoms with Gasteiger partial charge >= 0.3 is 0 Å². The highest BCUT2D eigenvalue weighted by molar-refractivity contribution is 7.80. The van der Waals surface area contributed by atoms with Gasteiger partial charge < -0.3 is 10.6 Å². The SMILES string of the molecule is Cc1ccccc1Cn1cc(NC(=S)Nc2ccc(F)cc2F)cn1. The average Bonchev–Trinajstić information content (AvgIpc) is 2.99. The molecule has 25 heavy (non-hydrogen) atoms. The summed E-state index contributed by atoms with van der Waals surface area (Å²) in [5, 5.41) is 10.1. The number of anilines is 2. The van der Waals surface area contributed by atoms with E-state index in [4.69, 9.17) is 12.2 Å². The summed E-state index contributed by atoms with van der Waals surface area (Å²) in [7, 11) is 0. The van der Waals surface area contributed by atoms with Crippen LogP contribution in [-0.4, -0.2) is 14.9 Å². The molecular formula is C18H16F2N4S. The van der Waals surface area contributed by atoms with Crippen LogP contribution in [-0.2, 0) is 6.54 Å². The molecule has 0 spiro atoms. The van der Waals surface area contributed by atoms with Crippen LogP contribution in [0.25, 0.3) is 0 Å². The molecule has 3 rings (SSSR count). The lowest BCUT2D eigenvalue weighted by Gasteiger charge is -2.09. The van der Waals surface area contributed by atoms with Crippen molar-refractivity contribution in [2.24, 2.45) is 0 Å². The van der Waals surface area contributed by atoms with Gasteiger partial charge in [-0.15, -0.1) is 0 Å². The number of benzene rings is 2. The van der Waals surface area contributed by atoms with E-state index >= 15 is 0 Å². The van der Waals surface area contributed by atoms with Crippen LogP contribution < -0.4 is 10.6 Å². The molecule has 2 aromatic carbocycles. The normalized spacial score (nSPS) is 10.5. The fourth-order valence-electron chi connectivity index (χ4n) is 2.35. The highest BCUT2D eigenvalue weighted by Gasteiger charge is 2.07. The Bertz CT molecular complexity index is 908. The van der Waals surface area contributed by atoms with Crippen molar-refractivity contribution in [3.8, 4) is 0 Å². The summed E-state index contributed by atoms with van der Waals surface area (Å²) in [4.78, 5) is 0. The number of aromatic nitrogens is 2. The first-order valence-electron chi connectivity index (χ1n) is 7.61. The molecule has 0 bridgehead atoms. The Morgan fingerprint density at radius 3 is 2.72 bits per heavy atom. The summed E-state index contributed by atoms with van der Waals surface area (Å²) >= 11 is 5.15. The molecule has 7 heteroatoms. The molecule has 0 radical (unpaired) electrons. The third kappa shape index (κ3) is 4.39. The zero-order valence-electron chi connectivity index (χ0n) is 13.5. The molecule has 4 nitrogen and oxygen atoms in total. The molecule has 0 fully saturated rings. The largest absolute Gasteiger partial charge is 0.330 e. The summed E-state index contributed by atoms with van der Waals surface area (Å²) in [6, 6.07) is 11.3. The van der Waals surface area contributed by atoms with Gasteiger partial charge in [0.05, 0.1) is 24.1 Å². The van der Waals surface area contributed by atoms with E-state index in [0.29, 0.717) is 12.2 Å². The van der Waals surface area contributed by atoms with Gasteiger partial charge in [0.2, 0.25) is 0 Å². The molecule has 0 unspecified atom stereocenters. The first-order valence-corrected chi connectivity index (χ1v) is 8.02. The Hall–Kier alpha value is -2.80. The Kier molecular flexibility index (Phi) is 5.04. The minimum atomic E-state index is -0.709. The molecular weight excluding hydrogens is 342 g/mol. The molecule has 1 aromatic heterocycles. The second-order valence-corrected chi connectivity index (χ2v) is 5.96. The molecule has 0 amide bonds. The Morgan fingerprint density at radius 1 is 1.16 bits per heavy atom. The number of nitrogens with zero attached hydrogens (tertiary/aromatic N) is 2. The molecule has 128 valence electrons. The summed E-state index contributed by atoms with van der Waals surface area (Å²) < 4.78 is 28.3. The van der Waals surface area contributed by atoms with Gasteiger partial charge in [0.15, 0.2) is 5.11 Å². The molecule has 0 aliphatic carbocycles. The fraction of sp³-hybridized carbons (Fsp3) is 0.111. The van der Waals surface area contributed by atoms with Gasteiger partial charge in [-0.3, -0.25) is 4.68 Å². The summed E-state index contributed by atoms with van der Waals surface area (Å²) in [5.41, 5.74) is 3.14. The van der Waals surface area contributed by atoms with Crippen LogP contribution in [0, 0.1) is 18.6 Å². The average molecular weight is 358 g/mol. The van der Waals surface area contributed by atoms with Crippen LogP contribution in [0.1, 0.15) is 11.1 Å². The van der Waals surface area contributed by atoms with E-state index in [1.54, 1.807) is 17.1 Å². The van der Waals surface area contributed by atoms with Crippen LogP contribution >= 0.6 is 12.2 Å². The van der Waals surface area contributed by atoms with Crippen molar-refractivity contribution in [1.82, 2.24) is 9.78 Å². The smallest absolute Gasteiger partial charge is 0.175 e. The van der Waals surface area contributed by atoms with Gasteiger partial charge in [-0.2, -0.15) is 5.10 Å². The second kappa shape index (κ2) is 7.40. The number of hydrogen-bond acceptors (Lipinski definition) is 2. The number of halogens is 2. The van der Waals surface area contributed by atoms with Crippen molar-refractivity contribution in [2.45, 2.75) is 13.5 Å². The van der Waals surface area contributed by atoms with Crippen LogP contribution in [0.3, 0.4) is 0 Å². The maximum atomic E-state index is 13.6. The molecule has 2 N–H and O–H groups in total. The lowest BCUT2D eigenvalue weighted by atomic mass is 10.1. The lowest BCUT2D eigenvalue weighted by molar-refractivity contribution is 0.586. The van der Waals surface area contributed by atoms with Crippen molar-refractivity contribution >= 4 is 28.7 Å². The van der Waals surface area contributed by atoms with Crippen molar-refractivity contribution in [2.75, 3.05) is 10.6 Å². The molecule has 0 saturated heterocycles. The van der Waals surface area contributed by atoms with E-state index in [2.05, 4.69) is 15.7 Å². The molecule has 0 aliphatic heterocycles. The number of aryl methyl sites for hydroxylation is 1. The highest BCUT2D eigenvalue weighted by Crippen LogP contribution is 2.16. The zero-order chi connectivity index (χ0) is 17.8. The Balaban J connectivity index is 1.63. The third-order valence-corrected chi connectivity index (χ3v) is 3.87. The van der Waals surface area contributed by atoms with Gasteiger partial charge in [-0.25, -0.2) is 8.78 Å². The number of thiocarbonyl (C=S) groups is 1. The van der Waals surface area contributed by atoms with E-state index < -0.39 is 11.6 Å². The standard InChI is InChI=1S/C18H16F2N4S/c1-12-4-2-3-5-13(12)10-24-11-15(9-21-24)22-18(25)23-17-7-6-14(19)8-16(17)20/h2-9,11H,10H2,1H3,(H2,22,23,25). The topological polar surface area (TPSA) is 41.9 Å². The monoisotopic (exact) mass is 358 g/mol. The van der Waals surface area contributed by atoms with Crippen molar-refractivity contribution in [1.29, 1.82) is 0 Å². The minimum absolute atomic E-state index is 0.103. The van der Waals surface area contributed by atoms with Crippen molar-refractivity contribution < 1.29 is 8.78 Å². The van der Waals surface area contributed by atoms with Crippen LogP contribution in [0.5, 0.6) is 0 Å². The van der Waals surface area contributed by atoms with Gasteiger partial charge in [-0.05, 0) is 42.4 Å². The first kappa shape index (κ1) is 17.0. The predicted molar refractivity (Wildman–Crippen MR) is 98.7 cm³/mol. The van der Waals surface area contributed by atoms with E-state index in [0.717, 1.165) is 12.1 Å². The van der Waals surface area contributed by atoms with Crippen LogP contribution in [0.4, 0.5) is 20.2 Å². The van der Waals surface area contributed by atoms with Crippen LogP contribution in [0.2, 0.25) is 0 Å². The Labute approximate surface area is 149 Å². The molecule has 0 aliphatic rings. The highest BCUT2D eigenvalue weighted by atomic mass is 32.1. The number of hydrogen-bond donors (Lipinski definition) is 2. The summed E-state index contributed by atoms with van der Waals surface area (Å²) in [6.07, 6.45) is 3.44. The van der Waals surface area contributed by atoms with Gasteiger partial charge in [-0.1, -0.05) is 24.3 Å². The first-order chi connectivity index (χ1) is 12.0. The summed E-state index contributed by atoms with van der Waals surface area (Å²) in [5.74, 6) is -1.35. The van der Waals surface area contributed by atoms with Gasteiger partial charge in [0.1, 0.15) is 11.6 Å². The van der Waals surface area contributed by atoms with E-state index in [1.807, 2.05) is 31.2 Å². The minimum Gasteiger partial charge on any atom is -0.330 e. The summed E-state index contributed by atoms with van der Waals surface area (Å²) in [6.45, 7) is 2.69. The molecule has 0 atom stereocenters.